The number of carbonyl (C=O) groups excluding carboxylic acids is 1. The van der Waals surface area contributed by atoms with Crippen molar-refractivity contribution in [3.8, 4) is 5.75 Å². The van der Waals surface area contributed by atoms with Gasteiger partial charge in [0.15, 0.2) is 5.78 Å². The van der Waals surface area contributed by atoms with Crippen LogP contribution in [0.3, 0.4) is 0 Å². The fourth-order valence-electron chi connectivity index (χ4n) is 1.03. The largest absolute Gasteiger partial charge is 0.490 e. The predicted octanol–water partition coefficient (Wildman–Crippen LogP) is 2.24. The van der Waals surface area contributed by atoms with Crippen molar-refractivity contribution in [2.24, 2.45) is 0 Å². The van der Waals surface area contributed by atoms with Gasteiger partial charge in [0.05, 0.1) is 5.56 Å². The summed E-state index contributed by atoms with van der Waals surface area (Å²) in [5.41, 5.74) is 0.496. The fraction of sp³-hybridized carbons (Fsp3) is 0.300. The van der Waals surface area contributed by atoms with Gasteiger partial charge in [0.2, 0.25) is 0 Å². The number of hydrogen-bond donors (Lipinski definition) is 0. The normalized spacial score (nSPS) is 9.69. The molecule has 0 fully saturated rings. The van der Waals surface area contributed by atoms with Gasteiger partial charge in [0, 0.05) is 0 Å². The number of carbonyl (C=O) groups is 1. The zero-order valence-electron chi connectivity index (χ0n) is 7.42. The van der Waals surface area contributed by atoms with Gasteiger partial charge in [0.25, 0.3) is 0 Å². The monoisotopic (exact) mass is 182 g/mol. The van der Waals surface area contributed by atoms with Crippen molar-refractivity contribution >= 4 is 5.78 Å². The number of hydrogen-bond acceptors (Lipinski definition) is 2. The lowest BCUT2D eigenvalue weighted by atomic mass is 10.1. The molecule has 0 spiro atoms. The Morgan fingerprint density at radius 3 is 2.77 bits per heavy atom. The van der Waals surface area contributed by atoms with Crippen LogP contribution < -0.4 is 4.74 Å². The summed E-state index contributed by atoms with van der Waals surface area (Å²) in [6, 6.07) is 6.82. The van der Waals surface area contributed by atoms with Crippen LogP contribution in [-0.4, -0.2) is 19.1 Å². The van der Waals surface area contributed by atoms with Crippen LogP contribution >= 0.6 is 0 Å². The highest BCUT2D eigenvalue weighted by molar-refractivity contribution is 5.96. The fourth-order valence-corrected chi connectivity index (χ4v) is 1.03. The van der Waals surface area contributed by atoms with Gasteiger partial charge in [-0.15, -0.1) is 0 Å². The second kappa shape index (κ2) is 4.60. The van der Waals surface area contributed by atoms with Crippen LogP contribution in [0.5, 0.6) is 5.75 Å². The lowest BCUT2D eigenvalue weighted by Crippen LogP contribution is -2.03. The average molecular weight is 182 g/mol. The van der Waals surface area contributed by atoms with E-state index in [0.29, 0.717) is 11.3 Å². The van der Waals surface area contributed by atoms with Crippen molar-refractivity contribution in [3.05, 3.63) is 29.8 Å². The van der Waals surface area contributed by atoms with E-state index in [1.54, 1.807) is 24.3 Å². The number of Topliss-reactive ketones (excluding diaryl/α,β-unsaturated/α-hetero) is 1. The zero-order valence-corrected chi connectivity index (χ0v) is 7.42. The molecule has 0 aliphatic heterocycles. The molecule has 1 aromatic carbocycles. The van der Waals surface area contributed by atoms with Gasteiger partial charge >= 0.3 is 0 Å². The first-order valence-electron chi connectivity index (χ1n) is 4.04. The molecule has 0 aliphatic rings. The molecule has 2 nitrogen and oxygen atoms in total. The molecule has 0 bridgehead atoms. The van der Waals surface area contributed by atoms with Crippen molar-refractivity contribution in [2.75, 3.05) is 13.3 Å². The molecule has 13 heavy (non-hydrogen) atoms. The van der Waals surface area contributed by atoms with Gasteiger partial charge in [-0.2, -0.15) is 0 Å². The summed E-state index contributed by atoms with van der Waals surface area (Å²) in [6.45, 7) is 0.897. The van der Waals surface area contributed by atoms with Crippen molar-refractivity contribution < 1.29 is 13.9 Å². The molecule has 0 atom stereocenters. The first kappa shape index (κ1) is 9.71. The smallest absolute Gasteiger partial charge is 0.163 e. The Balaban J connectivity index is 2.84. The number of ketones is 1. The van der Waals surface area contributed by atoms with Gasteiger partial charge < -0.3 is 4.74 Å². The molecule has 0 amide bonds. The number of ether oxygens (including phenoxy) is 1. The van der Waals surface area contributed by atoms with E-state index in [4.69, 9.17) is 4.74 Å². The third kappa shape index (κ3) is 2.54. The molecule has 0 saturated heterocycles. The number of para-hydroxylation sites is 1. The van der Waals surface area contributed by atoms with Crippen molar-refractivity contribution in [2.45, 2.75) is 6.92 Å². The Morgan fingerprint density at radius 2 is 2.15 bits per heavy atom. The molecule has 0 saturated carbocycles. The molecular formula is C10H11FO2. The molecule has 0 radical (unpaired) electrons. The third-order valence-electron chi connectivity index (χ3n) is 1.60. The number of alkyl halides is 1. The van der Waals surface area contributed by atoms with Crippen LogP contribution in [0.15, 0.2) is 24.3 Å². The average Bonchev–Trinajstić information content (AvgIpc) is 2.15. The first-order chi connectivity index (χ1) is 6.25. The predicted molar refractivity (Wildman–Crippen MR) is 47.9 cm³/mol. The standard InChI is InChI=1S/C10H11FO2/c1-8(12)9-4-2-3-5-10(9)13-7-6-11/h2-5H,6-7H2,1H3. The molecule has 70 valence electrons. The van der Waals surface area contributed by atoms with E-state index in [9.17, 15) is 9.18 Å². The minimum Gasteiger partial charge on any atom is -0.490 e. The van der Waals surface area contributed by atoms with E-state index in [2.05, 4.69) is 0 Å². The Kier molecular flexibility index (Phi) is 3.43. The summed E-state index contributed by atoms with van der Waals surface area (Å²) < 4.78 is 16.9. The molecule has 0 heterocycles. The topological polar surface area (TPSA) is 26.3 Å². The SMILES string of the molecule is CC(=O)c1ccccc1OCCF. The number of halogens is 1. The van der Waals surface area contributed by atoms with E-state index >= 15 is 0 Å². The van der Waals surface area contributed by atoms with E-state index in [1.165, 1.54) is 6.92 Å². The van der Waals surface area contributed by atoms with Crippen molar-refractivity contribution in [3.63, 3.8) is 0 Å². The van der Waals surface area contributed by atoms with Gasteiger partial charge in [0.1, 0.15) is 19.0 Å². The van der Waals surface area contributed by atoms with Gasteiger partial charge in [-0.25, -0.2) is 4.39 Å². The molecular weight excluding hydrogens is 171 g/mol. The second-order valence-electron chi connectivity index (χ2n) is 2.59. The van der Waals surface area contributed by atoms with Crippen LogP contribution in [0.1, 0.15) is 17.3 Å². The van der Waals surface area contributed by atoms with Crippen LogP contribution in [0, 0.1) is 0 Å². The Hall–Kier alpha value is -1.38. The van der Waals surface area contributed by atoms with E-state index in [-0.39, 0.29) is 12.4 Å². The highest BCUT2D eigenvalue weighted by Crippen LogP contribution is 2.17. The lowest BCUT2D eigenvalue weighted by molar-refractivity contribution is 0.101. The maximum Gasteiger partial charge on any atom is 0.163 e. The maximum absolute atomic E-state index is 11.8. The van der Waals surface area contributed by atoms with Crippen LogP contribution in [0.2, 0.25) is 0 Å². The number of benzene rings is 1. The zero-order chi connectivity index (χ0) is 9.68. The molecule has 0 unspecified atom stereocenters. The van der Waals surface area contributed by atoms with Gasteiger partial charge in [-0.1, -0.05) is 12.1 Å². The Morgan fingerprint density at radius 1 is 1.46 bits per heavy atom. The van der Waals surface area contributed by atoms with Crippen molar-refractivity contribution in [1.29, 1.82) is 0 Å². The molecule has 0 aromatic heterocycles. The van der Waals surface area contributed by atoms with E-state index < -0.39 is 6.67 Å². The highest BCUT2D eigenvalue weighted by Gasteiger charge is 2.06. The Labute approximate surface area is 76.3 Å². The summed E-state index contributed by atoms with van der Waals surface area (Å²) in [6.07, 6.45) is 0. The van der Waals surface area contributed by atoms with Crippen LogP contribution in [0.4, 0.5) is 4.39 Å². The summed E-state index contributed by atoms with van der Waals surface area (Å²) in [4.78, 5) is 11.1. The van der Waals surface area contributed by atoms with E-state index in [0.717, 1.165) is 0 Å². The first-order valence-corrected chi connectivity index (χ1v) is 4.04. The summed E-state index contributed by atoms with van der Waals surface area (Å²) in [7, 11) is 0. The quantitative estimate of drug-likeness (QED) is 0.667. The molecule has 0 aliphatic carbocycles. The number of rotatable bonds is 4. The van der Waals surface area contributed by atoms with Gasteiger partial charge in [-0.3, -0.25) is 4.79 Å². The molecule has 0 N–H and O–H groups in total. The molecule has 3 heteroatoms. The van der Waals surface area contributed by atoms with Crippen LogP contribution in [-0.2, 0) is 0 Å². The third-order valence-corrected chi connectivity index (χ3v) is 1.60. The lowest BCUT2D eigenvalue weighted by Gasteiger charge is -2.06. The minimum absolute atomic E-state index is 0.00963. The van der Waals surface area contributed by atoms with E-state index in [1.807, 2.05) is 0 Å². The molecule has 1 aromatic rings. The highest BCUT2D eigenvalue weighted by atomic mass is 19.1. The summed E-state index contributed by atoms with van der Waals surface area (Å²) >= 11 is 0. The maximum atomic E-state index is 11.8. The molecule has 1 rings (SSSR count). The summed E-state index contributed by atoms with van der Waals surface area (Å²) in [5.74, 6) is 0.377. The minimum atomic E-state index is -0.549. The van der Waals surface area contributed by atoms with Crippen LogP contribution in [0.25, 0.3) is 0 Å². The van der Waals surface area contributed by atoms with Crippen molar-refractivity contribution in [1.82, 2.24) is 0 Å². The second-order valence-corrected chi connectivity index (χ2v) is 2.59. The Bertz CT molecular complexity index is 297. The summed E-state index contributed by atoms with van der Waals surface area (Å²) in [5, 5.41) is 0. The van der Waals surface area contributed by atoms with Gasteiger partial charge in [-0.05, 0) is 19.1 Å².